The van der Waals surface area contributed by atoms with Gasteiger partial charge in [0.15, 0.2) is 0 Å². The summed E-state index contributed by atoms with van der Waals surface area (Å²) in [6, 6.07) is 14.1. The third kappa shape index (κ3) is 3.44. The molecule has 1 fully saturated rings. The van der Waals surface area contributed by atoms with Crippen LogP contribution in [-0.4, -0.2) is 18.4 Å². The summed E-state index contributed by atoms with van der Waals surface area (Å²) >= 11 is 0. The maximum Gasteiger partial charge on any atom is 0.230 e. The fourth-order valence-corrected chi connectivity index (χ4v) is 4.62. The van der Waals surface area contributed by atoms with Crippen molar-refractivity contribution in [1.29, 1.82) is 0 Å². The van der Waals surface area contributed by atoms with Gasteiger partial charge in [0.2, 0.25) is 11.8 Å². The molecule has 28 heavy (non-hydrogen) atoms. The largest absolute Gasteiger partial charge is 0.326 e. The first kappa shape index (κ1) is 18.7. The van der Waals surface area contributed by atoms with Crippen LogP contribution in [0.2, 0.25) is 0 Å². The van der Waals surface area contributed by atoms with Crippen LogP contribution in [-0.2, 0) is 16.0 Å². The molecule has 2 aromatic rings. The number of fused-ring (bicyclic) bond motifs is 1. The Kier molecular flexibility index (Phi) is 5.21. The molecule has 4 rings (SSSR count). The van der Waals surface area contributed by atoms with E-state index in [1.54, 1.807) is 0 Å². The molecule has 2 unspecified atom stereocenters. The van der Waals surface area contributed by atoms with E-state index in [4.69, 9.17) is 0 Å². The van der Waals surface area contributed by atoms with Crippen molar-refractivity contribution < 1.29 is 9.59 Å². The lowest BCUT2D eigenvalue weighted by molar-refractivity contribution is -0.132. The first-order valence-electron chi connectivity index (χ1n) is 10.3. The third-order valence-electron chi connectivity index (χ3n) is 6.44. The van der Waals surface area contributed by atoms with Gasteiger partial charge in [-0.3, -0.25) is 9.59 Å². The Hall–Kier alpha value is -2.62. The highest BCUT2D eigenvalue weighted by Crippen LogP contribution is 2.36. The summed E-state index contributed by atoms with van der Waals surface area (Å²) in [4.78, 5) is 28.4. The molecule has 1 N–H and O–H groups in total. The minimum absolute atomic E-state index is 0.0146. The predicted octanol–water partition coefficient (Wildman–Crippen LogP) is 4.64. The van der Waals surface area contributed by atoms with Gasteiger partial charge in [-0.25, -0.2) is 0 Å². The van der Waals surface area contributed by atoms with Crippen LogP contribution in [0.4, 0.5) is 11.4 Å². The fraction of sp³-hybridized carbons (Fsp3) is 0.417. The molecular weight excluding hydrogens is 348 g/mol. The molecule has 0 saturated heterocycles. The summed E-state index contributed by atoms with van der Waals surface area (Å²) in [5, 5.41) is 3.11. The van der Waals surface area contributed by atoms with Crippen molar-refractivity contribution in [3.8, 4) is 0 Å². The van der Waals surface area contributed by atoms with Crippen molar-refractivity contribution in [3.63, 3.8) is 0 Å². The lowest BCUT2D eigenvalue weighted by Gasteiger charge is -2.33. The lowest BCUT2D eigenvalue weighted by Crippen LogP contribution is -2.43. The Morgan fingerprint density at radius 1 is 0.964 bits per heavy atom. The van der Waals surface area contributed by atoms with Crippen LogP contribution in [0, 0.1) is 25.7 Å². The molecule has 2 amide bonds. The van der Waals surface area contributed by atoms with E-state index in [2.05, 4.69) is 11.4 Å². The van der Waals surface area contributed by atoms with E-state index in [9.17, 15) is 9.59 Å². The number of aryl methyl sites for hydroxylation is 1. The second kappa shape index (κ2) is 7.78. The van der Waals surface area contributed by atoms with Crippen LogP contribution in [0.1, 0.15) is 42.4 Å². The van der Waals surface area contributed by atoms with Gasteiger partial charge in [-0.1, -0.05) is 43.2 Å². The number of carbonyl (C=O) groups is 2. The Bertz CT molecular complexity index is 905. The zero-order valence-electron chi connectivity index (χ0n) is 16.7. The number of rotatable bonds is 3. The SMILES string of the molecule is Cc1cccc(NC(=O)C2CCCCC2C(=O)N2CCc3ccccc32)c1C. The number of para-hydroxylation sites is 1. The Morgan fingerprint density at radius 2 is 1.71 bits per heavy atom. The van der Waals surface area contributed by atoms with Crippen molar-refractivity contribution in [2.75, 3.05) is 16.8 Å². The first-order chi connectivity index (χ1) is 13.6. The molecule has 2 aromatic carbocycles. The maximum absolute atomic E-state index is 13.4. The van der Waals surface area contributed by atoms with Crippen LogP contribution >= 0.6 is 0 Å². The highest BCUT2D eigenvalue weighted by molar-refractivity contribution is 6.02. The average molecular weight is 377 g/mol. The van der Waals surface area contributed by atoms with Crippen LogP contribution in [0.25, 0.3) is 0 Å². The molecule has 0 spiro atoms. The van der Waals surface area contributed by atoms with Gasteiger partial charge in [-0.05, 0) is 61.9 Å². The molecule has 1 aliphatic carbocycles. The van der Waals surface area contributed by atoms with Crippen molar-refractivity contribution in [2.45, 2.75) is 46.0 Å². The van der Waals surface area contributed by atoms with Gasteiger partial charge in [-0.15, -0.1) is 0 Å². The van der Waals surface area contributed by atoms with Crippen molar-refractivity contribution >= 4 is 23.2 Å². The highest BCUT2D eigenvalue weighted by atomic mass is 16.2. The molecule has 0 bridgehead atoms. The van der Waals surface area contributed by atoms with Gasteiger partial charge in [-0.2, -0.15) is 0 Å². The minimum Gasteiger partial charge on any atom is -0.326 e. The van der Waals surface area contributed by atoms with Crippen LogP contribution in [0.15, 0.2) is 42.5 Å². The summed E-state index contributed by atoms with van der Waals surface area (Å²) in [5.41, 5.74) is 5.34. The van der Waals surface area contributed by atoms with Gasteiger partial charge in [0.1, 0.15) is 0 Å². The zero-order chi connectivity index (χ0) is 19.7. The molecule has 0 radical (unpaired) electrons. The van der Waals surface area contributed by atoms with Crippen molar-refractivity contribution in [2.24, 2.45) is 11.8 Å². The molecule has 2 aliphatic rings. The van der Waals surface area contributed by atoms with E-state index in [0.29, 0.717) is 0 Å². The molecular formula is C24H28N2O2. The summed E-state index contributed by atoms with van der Waals surface area (Å²) in [7, 11) is 0. The first-order valence-corrected chi connectivity index (χ1v) is 10.3. The number of carbonyl (C=O) groups excluding carboxylic acids is 2. The number of hydrogen-bond acceptors (Lipinski definition) is 2. The van der Waals surface area contributed by atoms with Crippen molar-refractivity contribution in [3.05, 3.63) is 59.2 Å². The number of amides is 2. The number of nitrogens with one attached hydrogen (secondary N) is 1. The quantitative estimate of drug-likeness (QED) is 0.848. The number of benzene rings is 2. The molecule has 4 nitrogen and oxygen atoms in total. The van der Waals surface area contributed by atoms with Gasteiger partial charge >= 0.3 is 0 Å². The number of nitrogens with zero attached hydrogens (tertiary/aromatic N) is 1. The van der Waals surface area contributed by atoms with E-state index in [0.717, 1.165) is 61.2 Å². The maximum atomic E-state index is 13.4. The Labute approximate surface area is 166 Å². The van der Waals surface area contributed by atoms with Gasteiger partial charge in [0.25, 0.3) is 0 Å². The average Bonchev–Trinajstić information content (AvgIpc) is 3.15. The van der Waals surface area contributed by atoms with E-state index in [1.807, 2.05) is 55.1 Å². The monoisotopic (exact) mass is 376 g/mol. The van der Waals surface area contributed by atoms with Crippen LogP contribution in [0.3, 0.4) is 0 Å². The van der Waals surface area contributed by atoms with Gasteiger partial charge < -0.3 is 10.2 Å². The summed E-state index contributed by atoms with van der Waals surface area (Å²) in [6.07, 6.45) is 4.49. The molecule has 0 aromatic heterocycles. The predicted molar refractivity (Wildman–Crippen MR) is 112 cm³/mol. The van der Waals surface area contributed by atoms with E-state index in [1.165, 1.54) is 5.56 Å². The zero-order valence-corrected chi connectivity index (χ0v) is 16.7. The number of hydrogen-bond donors (Lipinski definition) is 1. The number of anilines is 2. The van der Waals surface area contributed by atoms with Crippen LogP contribution in [0.5, 0.6) is 0 Å². The van der Waals surface area contributed by atoms with Crippen LogP contribution < -0.4 is 10.2 Å². The smallest absolute Gasteiger partial charge is 0.230 e. The van der Waals surface area contributed by atoms with Gasteiger partial charge in [0, 0.05) is 23.8 Å². The lowest BCUT2D eigenvalue weighted by atomic mass is 9.77. The molecule has 1 heterocycles. The molecule has 2 atom stereocenters. The topological polar surface area (TPSA) is 49.4 Å². The van der Waals surface area contributed by atoms with E-state index >= 15 is 0 Å². The van der Waals surface area contributed by atoms with Gasteiger partial charge in [0.05, 0.1) is 5.92 Å². The van der Waals surface area contributed by atoms with E-state index in [-0.39, 0.29) is 23.7 Å². The molecule has 1 saturated carbocycles. The standard InChI is InChI=1S/C24H28N2O2/c1-16-8-7-12-21(17(16)2)25-23(27)19-10-4-5-11-20(19)24(28)26-15-14-18-9-3-6-13-22(18)26/h3,6-9,12-13,19-20H,4-5,10-11,14-15H2,1-2H3,(H,25,27). The summed E-state index contributed by atoms with van der Waals surface area (Å²) < 4.78 is 0. The third-order valence-corrected chi connectivity index (χ3v) is 6.44. The highest BCUT2D eigenvalue weighted by Gasteiger charge is 2.39. The second-order valence-electron chi connectivity index (χ2n) is 8.10. The Balaban J connectivity index is 1.54. The molecule has 1 aliphatic heterocycles. The second-order valence-corrected chi connectivity index (χ2v) is 8.10. The normalized spacial score (nSPS) is 21.3. The minimum atomic E-state index is -0.256. The molecule has 4 heteroatoms. The summed E-state index contributed by atoms with van der Waals surface area (Å²) in [5.74, 6) is -0.385. The molecule has 146 valence electrons. The Morgan fingerprint density at radius 3 is 2.54 bits per heavy atom. The van der Waals surface area contributed by atoms with Crippen molar-refractivity contribution in [1.82, 2.24) is 0 Å². The van der Waals surface area contributed by atoms with E-state index < -0.39 is 0 Å². The summed E-state index contributed by atoms with van der Waals surface area (Å²) in [6.45, 7) is 4.79. The fourth-order valence-electron chi connectivity index (χ4n) is 4.62.